The minimum atomic E-state index is -0.568. The summed E-state index contributed by atoms with van der Waals surface area (Å²) in [5, 5.41) is 16.2. The Labute approximate surface area is 199 Å². The van der Waals surface area contributed by atoms with Crippen molar-refractivity contribution in [3.8, 4) is 11.5 Å². The highest BCUT2D eigenvalue weighted by atomic mass is 35.5. The zero-order chi connectivity index (χ0) is 23.4. The number of hydrazone groups is 1. The van der Waals surface area contributed by atoms with E-state index < -0.39 is 5.91 Å². The van der Waals surface area contributed by atoms with Gasteiger partial charge in [0.25, 0.3) is 5.91 Å². The molecule has 0 heterocycles. The maximum atomic E-state index is 13.3. The summed E-state index contributed by atoms with van der Waals surface area (Å²) in [6, 6.07) is 19.6. The Morgan fingerprint density at radius 2 is 1.70 bits per heavy atom. The fraction of sp³-hybridized carbons (Fsp3) is 0.0400. The second kappa shape index (κ2) is 9.90. The topological polar surface area (TPSA) is 70.9 Å². The summed E-state index contributed by atoms with van der Waals surface area (Å²) < 4.78 is 19.0. The van der Waals surface area contributed by atoms with Crippen LogP contribution >= 0.6 is 23.2 Å². The predicted molar refractivity (Wildman–Crippen MR) is 128 cm³/mol. The number of phenols is 1. The van der Waals surface area contributed by atoms with Gasteiger partial charge in [0.2, 0.25) is 0 Å². The monoisotopic (exact) mass is 482 g/mol. The molecule has 0 spiro atoms. The summed E-state index contributed by atoms with van der Waals surface area (Å²) in [6.45, 7) is 0.0932. The number of benzene rings is 4. The summed E-state index contributed by atoms with van der Waals surface area (Å²) >= 11 is 12.6. The number of halogens is 3. The molecule has 0 saturated heterocycles. The number of carbonyl (C=O) groups is 1. The van der Waals surface area contributed by atoms with Gasteiger partial charge in [-0.2, -0.15) is 5.10 Å². The first-order valence-corrected chi connectivity index (χ1v) is 10.6. The number of nitrogens with zero attached hydrogens (tertiary/aromatic N) is 1. The minimum absolute atomic E-state index is 0.0932. The number of amides is 1. The molecule has 0 unspecified atom stereocenters. The second-order valence-corrected chi connectivity index (χ2v) is 7.96. The summed E-state index contributed by atoms with van der Waals surface area (Å²) in [6.07, 6.45) is 1.37. The van der Waals surface area contributed by atoms with Gasteiger partial charge in [0.1, 0.15) is 18.2 Å². The van der Waals surface area contributed by atoms with E-state index in [-0.39, 0.29) is 39.5 Å². The Morgan fingerprint density at radius 3 is 2.39 bits per heavy atom. The van der Waals surface area contributed by atoms with Crippen molar-refractivity contribution in [1.82, 2.24) is 5.43 Å². The molecule has 0 saturated carbocycles. The number of fused-ring (bicyclic) bond motifs is 1. The molecule has 4 aromatic carbocycles. The zero-order valence-electron chi connectivity index (χ0n) is 17.1. The highest BCUT2D eigenvalue weighted by Crippen LogP contribution is 2.34. The van der Waals surface area contributed by atoms with Crippen molar-refractivity contribution >= 4 is 46.1 Å². The molecule has 1 amide bonds. The van der Waals surface area contributed by atoms with Crippen LogP contribution in [0, 0.1) is 5.82 Å². The molecule has 0 aliphatic carbocycles. The number of ether oxygens (including phenoxy) is 1. The summed E-state index contributed by atoms with van der Waals surface area (Å²) in [5.41, 5.74) is 3.63. The highest BCUT2D eigenvalue weighted by Gasteiger charge is 2.13. The van der Waals surface area contributed by atoms with Gasteiger partial charge in [-0.1, -0.05) is 59.6 Å². The molecular weight excluding hydrogens is 466 g/mol. The van der Waals surface area contributed by atoms with E-state index in [1.165, 1.54) is 24.4 Å². The number of rotatable bonds is 6. The van der Waals surface area contributed by atoms with Crippen LogP contribution in [0.5, 0.6) is 11.5 Å². The lowest BCUT2D eigenvalue weighted by Crippen LogP contribution is -2.17. The van der Waals surface area contributed by atoms with Crippen LogP contribution in [0.25, 0.3) is 10.8 Å². The fourth-order valence-corrected chi connectivity index (χ4v) is 3.82. The van der Waals surface area contributed by atoms with Crippen molar-refractivity contribution in [2.45, 2.75) is 6.61 Å². The Bertz CT molecular complexity index is 1350. The third-order valence-electron chi connectivity index (χ3n) is 4.78. The maximum absolute atomic E-state index is 13.3. The van der Waals surface area contributed by atoms with Gasteiger partial charge in [-0.05, 0) is 58.3 Å². The van der Waals surface area contributed by atoms with Gasteiger partial charge in [-0.15, -0.1) is 0 Å². The van der Waals surface area contributed by atoms with E-state index in [2.05, 4.69) is 10.5 Å². The molecule has 0 fully saturated rings. The molecule has 33 heavy (non-hydrogen) atoms. The minimum Gasteiger partial charge on any atom is -0.507 e. The highest BCUT2D eigenvalue weighted by molar-refractivity contribution is 6.37. The first-order chi connectivity index (χ1) is 15.9. The third-order valence-corrected chi connectivity index (χ3v) is 5.34. The molecule has 166 valence electrons. The van der Waals surface area contributed by atoms with E-state index in [4.69, 9.17) is 27.9 Å². The van der Waals surface area contributed by atoms with Crippen molar-refractivity contribution < 1.29 is 19.0 Å². The van der Waals surface area contributed by atoms with Crippen LogP contribution in [-0.4, -0.2) is 17.2 Å². The predicted octanol–water partition coefficient (Wildman–Crippen LogP) is 6.33. The lowest BCUT2D eigenvalue weighted by atomic mass is 10.1. The quantitative estimate of drug-likeness (QED) is 0.249. The smallest absolute Gasteiger partial charge is 0.275 e. The van der Waals surface area contributed by atoms with E-state index >= 15 is 0 Å². The number of nitrogens with one attached hydrogen (secondary N) is 1. The van der Waals surface area contributed by atoms with Gasteiger partial charge < -0.3 is 9.84 Å². The molecule has 0 aliphatic rings. The number of hydrogen-bond acceptors (Lipinski definition) is 4. The van der Waals surface area contributed by atoms with Gasteiger partial charge in [-0.3, -0.25) is 4.79 Å². The molecule has 2 N–H and O–H groups in total. The van der Waals surface area contributed by atoms with E-state index in [9.17, 15) is 14.3 Å². The molecule has 0 radical (unpaired) electrons. The van der Waals surface area contributed by atoms with Crippen molar-refractivity contribution in [2.75, 3.05) is 0 Å². The van der Waals surface area contributed by atoms with Gasteiger partial charge in [-0.25, -0.2) is 9.82 Å². The number of aromatic hydroxyl groups is 1. The first kappa shape index (κ1) is 22.6. The molecule has 4 aromatic rings. The standard InChI is InChI=1S/C25H17Cl2FN2O3/c26-21-9-16(10-22(27)24(21)33-14-15-4-3-7-19(28)8-15)13-29-30-25(32)20-11-17-5-1-2-6-18(17)12-23(20)31/h1-13,31H,14H2,(H,30,32). The third kappa shape index (κ3) is 5.42. The average Bonchev–Trinajstić information content (AvgIpc) is 2.78. The molecule has 0 atom stereocenters. The molecule has 0 aliphatic heterocycles. The number of carbonyl (C=O) groups excluding carboxylic acids is 1. The molecular formula is C25H17Cl2FN2O3. The van der Waals surface area contributed by atoms with Gasteiger partial charge in [0.05, 0.1) is 21.8 Å². The van der Waals surface area contributed by atoms with Crippen molar-refractivity contribution in [2.24, 2.45) is 5.10 Å². The molecule has 4 rings (SSSR count). The first-order valence-electron chi connectivity index (χ1n) is 9.82. The largest absolute Gasteiger partial charge is 0.507 e. The fourth-order valence-electron chi connectivity index (χ4n) is 3.21. The van der Waals surface area contributed by atoms with Gasteiger partial charge >= 0.3 is 0 Å². The Kier molecular flexibility index (Phi) is 6.77. The lowest BCUT2D eigenvalue weighted by Gasteiger charge is -2.11. The number of phenolic OH excluding ortho intramolecular Hbond substituents is 1. The molecule has 0 aromatic heterocycles. The van der Waals surface area contributed by atoms with E-state index in [1.807, 2.05) is 24.3 Å². The zero-order valence-corrected chi connectivity index (χ0v) is 18.6. The van der Waals surface area contributed by atoms with Crippen LogP contribution < -0.4 is 10.2 Å². The second-order valence-electron chi connectivity index (χ2n) is 7.15. The Morgan fingerprint density at radius 1 is 1.00 bits per heavy atom. The summed E-state index contributed by atoms with van der Waals surface area (Å²) in [7, 11) is 0. The SMILES string of the molecule is O=C(NN=Cc1cc(Cl)c(OCc2cccc(F)c2)c(Cl)c1)c1cc2ccccc2cc1O. The summed E-state index contributed by atoms with van der Waals surface area (Å²) in [4.78, 5) is 12.4. The van der Waals surface area contributed by atoms with E-state index in [0.717, 1.165) is 10.8 Å². The average molecular weight is 483 g/mol. The van der Waals surface area contributed by atoms with E-state index in [0.29, 0.717) is 11.1 Å². The Balaban J connectivity index is 1.44. The van der Waals surface area contributed by atoms with Gasteiger partial charge in [0, 0.05) is 0 Å². The normalized spacial score (nSPS) is 11.1. The van der Waals surface area contributed by atoms with Crippen LogP contribution in [0.4, 0.5) is 4.39 Å². The molecule has 0 bridgehead atoms. The van der Waals surface area contributed by atoms with Crippen LogP contribution in [0.15, 0.2) is 77.9 Å². The van der Waals surface area contributed by atoms with Crippen LogP contribution in [0.2, 0.25) is 10.0 Å². The van der Waals surface area contributed by atoms with Crippen molar-refractivity contribution in [3.05, 3.63) is 105 Å². The molecule has 5 nitrogen and oxygen atoms in total. The molecule has 8 heteroatoms. The maximum Gasteiger partial charge on any atom is 0.275 e. The summed E-state index contributed by atoms with van der Waals surface area (Å²) in [5.74, 6) is -0.821. The van der Waals surface area contributed by atoms with Gasteiger partial charge in [0.15, 0.2) is 5.75 Å². The van der Waals surface area contributed by atoms with E-state index in [1.54, 1.807) is 30.3 Å². The Hall–Kier alpha value is -3.61. The van der Waals surface area contributed by atoms with Crippen molar-refractivity contribution in [1.29, 1.82) is 0 Å². The van der Waals surface area contributed by atoms with Crippen LogP contribution in [0.1, 0.15) is 21.5 Å². The van der Waals surface area contributed by atoms with Crippen molar-refractivity contribution in [3.63, 3.8) is 0 Å². The van der Waals surface area contributed by atoms with Crippen LogP contribution in [0.3, 0.4) is 0 Å². The van der Waals surface area contributed by atoms with Crippen LogP contribution in [-0.2, 0) is 6.61 Å². The number of hydrogen-bond donors (Lipinski definition) is 2. The lowest BCUT2D eigenvalue weighted by molar-refractivity contribution is 0.0952.